The molecule has 1 atom stereocenters. The largest absolute Gasteiger partial charge is 0.493 e. The van der Waals surface area contributed by atoms with Gasteiger partial charge in [0.25, 0.3) is 5.91 Å². The molecule has 2 aromatic rings. The maximum Gasteiger partial charge on any atom is 0.251 e. The molecule has 1 aliphatic rings. The summed E-state index contributed by atoms with van der Waals surface area (Å²) in [5.41, 5.74) is 1.39. The monoisotopic (exact) mass is 489 g/mol. The van der Waals surface area contributed by atoms with Gasteiger partial charge >= 0.3 is 0 Å². The first-order chi connectivity index (χ1) is 16.3. The first-order valence-corrected chi connectivity index (χ1v) is 13.0. The van der Waals surface area contributed by atoms with Gasteiger partial charge in [-0.2, -0.15) is 4.31 Å². The molecule has 0 radical (unpaired) electrons. The highest BCUT2D eigenvalue weighted by molar-refractivity contribution is 7.89. The molecule has 8 nitrogen and oxygen atoms in total. The second-order valence-electron chi connectivity index (χ2n) is 8.65. The predicted molar refractivity (Wildman–Crippen MR) is 132 cm³/mol. The summed E-state index contributed by atoms with van der Waals surface area (Å²) in [7, 11) is 3.52. The molecule has 34 heavy (non-hydrogen) atoms. The van der Waals surface area contributed by atoms with Crippen LogP contribution in [0.25, 0.3) is 0 Å². The van der Waals surface area contributed by atoms with Crippen LogP contribution in [0.4, 0.5) is 0 Å². The van der Waals surface area contributed by atoms with Crippen molar-refractivity contribution in [2.45, 2.75) is 36.6 Å². The van der Waals surface area contributed by atoms with Gasteiger partial charge in [-0.1, -0.05) is 18.9 Å². The van der Waals surface area contributed by atoms with Crippen LogP contribution in [0.5, 0.6) is 11.5 Å². The maximum absolute atomic E-state index is 13.0. The number of sulfonamides is 1. The van der Waals surface area contributed by atoms with Gasteiger partial charge in [-0.05, 0) is 68.9 Å². The molecular formula is C25H35N3O5S. The van der Waals surface area contributed by atoms with Gasteiger partial charge in [0.15, 0.2) is 11.5 Å². The van der Waals surface area contributed by atoms with Gasteiger partial charge in [0.2, 0.25) is 10.0 Å². The van der Waals surface area contributed by atoms with Crippen LogP contribution in [0, 0.1) is 0 Å². The molecule has 0 aromatic heterocycles. The average molecular weight is 490 g/mol. The van der Waals surface area contributed by atoms with Gasteiger partial charge < -0.3 is 19.7 Å². The van der Waals surface area contributed by atoms with Gasteiger partial charge in [0, 0.05) is 25.2 Å². The number of amides is 1. The molecule has 1 amide bonds. The molecule has 3 rings (SSSR count). The first kappa shape index (κ1) is 26.0. The van der Waals surface area contributed by atoms with E-state index in [-0.39, 0.29) is 16.8 Å². The summed E-state index contributed by atoms with van der Waals surface area (Å²) in [6.45, 7) is 1.47. The van der Waals surface area contributed by atoms with Crippen molar-refractivity contribution < 1.29 is 22.7 Å². The molecule has 0 spiro atoms. The Labute approximate surface area is 202 Å². The average Bonchev–Trinajstić information content (AvgIpc) is 3.14. The first-order valence-electron chi connectivity index (χ1n) is 11.5. The van der Waals surface area contributed by atoms with Gasteiger partial charge in [-0.15, -0.1) is 0 Å². The number of ether oxygens (including phenoxy) is 2. The third-order valence-corrected chi connectivity index (χ3v) is 8.10. The maximum atomic E-state index is 13.0. The fraction of sp³-hybridized carbons (Fsp3) is 0.480. The molecule has 0 bridgehead atoms. The number of likely N-dealkylation sites (N-methyl/N-ethyl adjacent to an activating group) is 1. The molecule has 1 fully saturated rings. The number of nitrogens with one attached hydrogen (secondary N) is 1. The van der Waals surface area contributed by atoms with E-state index in [0.717, 1.165) is 31.2 Å². The zero-order valence-electron chi connectivity index (χ0n) is 20.4. The van der Waals surface area contributed by atoms with E-state index < -0.39 is 10.0 Å². The Balaban J connectivity index is 1.69. The van der Waals surface area contributed by atoms with Crippen LogP contribution in [-0.4, -0.2) is 71.5 Å². The molecule has 1 unspecified atom stereocenters. The Bertz CT molecular complexity index is 1060. The van der Waals surface area contributed by atoms with Crippen molar-refractivity contribution >= 4 is 15.9 Å². The van der Waals surface area contributed by atoms with Crippen LogP contribution in [0.15, 0.2) is 47.4 Å². The molecular weight excluding hydrogens is 454 g/mol. The summed E-state index contributed by atoms with van der Waals surface area (Å²) < 4.78 is 38.2. The minimum Gasteiger partial charge on any atom is -0.493 e. The molecule has 1 saturated heterocycles. The Hall–Kier alpha value is -2.62. The minimum atomic E-state index is -3.54. The lowest BCUT2D eigenvalue weighted by Crippen LogP contribution is -2.34. The van der Waals surface area contributed by atoms with Crippen LogP contribution in [0.1, 0.15) is 47.6 Å². The fourth-order valence-corrected chi connectivity index (χ4v) is 5.68. The Kier molecular flexibility index (Phi) is 8.93. The van der Waals surface area contributed by atoms with Crippen molar-refractivity contribution in [3.05, 3.63) is 53.6 Å². The number of rotatable bonds is 9. The normalized spacial score (nSPS) is 16.0. The minimum absolute atomic E-state index is 0.0913. The summed E-state index contributed by atoms with van der Waals surface area (Å²) in [5, 5.41) is 2.96. The molecule has 1 N–H and O–H groups in total. The number of carbonyl (C=O) groups excluding carboxylic acids is 1. The van der Waals surface area contributed by atoms with Crippen molar-refractivity contribution in [3.8, 4) is 11.5 Å². The number of nitrogens with zero attached hydrogens (tertiary/aromatic N) is 2. The standard InChI is InChI=1S/C25H35N3O5S/c1-27(2)22(20-11-14-23(32-3)24(17-20)33-4)18-26-25(29)19-9-12-21(13-10-19)34(30,31)28-15-7-5-6-8-16-28/h9-14,17,22H,5-8,15-16,18H2,1-4H3,(H,26,29). The van der Waals surface area contributed by atoms with E-state index in [9.17, 15) is 13.2 Å². The fourth-order valence-electron chi connectivity index (χ4n) is 4.16. The van der Waals surface area contributed by atoms with E-state index in [1.165, 1.54) is 12.1 Å². The highest BCUT2D eigenvalue weighted by atomic mass is 32.2. The van der Waals surface area contributed by atoms with Crippen molar-refractivity contribution in [3.63, 3.8) is 0 Å². The second-order valence-corrected chi connectivity index (χ2v) is 10.6. The third-order valence-electron chi connectivity index (χ3n) is 6.19. The zero-order chi connectivity index (χ0) is 24.7. The van der Waals surface area contributed by atoms with Gasteiger partial charge in [0.05, 0.1) is 25.2 Å². The second kappa shape index (κ2) is 11.7. The van der Waals surface area contributed by atoms with Crippen LogP contribution >= 0.6 is 0 Å². The summed E-state index contributed by atoms with van der Waals surface area (Å²) in [4.78, 5) is 15.0. The van der Waals surface area contributed by atoms with E-state index in [4.69, 9.17) is 9.47 Å². The Morgan fingerprint density at radius 1 is 0.971 bits per heavy atom. The molecule has 186 valence electrons. The lowest BCUT2D eigenvalue weighted by atomic mass is 10.0. The van der Waals surface area contributed by atoms with E-state index in [1.807, 2.05) is 37.2 Å². The SMILES string of the molecule is COc1ccc(C(CNC(=O)c2ccc(S(=O)(=O)N3CCCCCC3)cc2)N(C)C)cc1OC. The number of hydrogen-bond donors (Lipinski definition) is 1. The summed E-state index contributed by atoms with van der Waals surface area (Å²) in [6, 6.07) is 11.8. The third kappa shape index (κ3) is 6.08. The van der Waals surface area contributed by atoms with Crippen LogP contribution in [0.2, 0.25) is 0 Å². The predicted octanol–water partition coefficient (Wildman–Crippen LogP) is 3.30. The summed E-state index contributed by atoms with van der Waals surface area (Å²) >= 11 is 0. The lowest BCUT2D eigenvalue weighted by molar-refractivity contribution is 0.0941. The van der Waals surface area contributed by atoms with Gasteiger partial charge in [-0.25, -0.2) is 8.42 Å². The highest BCUT2D eigenvalue weighted by Crippen LogP contribution is 2.31. The highest BCUT2D eigenvalue weighted by Gasteiger charge is 2.25. The van der Waals surface area contributed by atoms with E-state index >= 15 is 0 Å². The van der Waals surface area contributed by atoms with E-state index in [2.05, 4.69) is 5.32 Å². The van der Waals surface area contributed by atoms with Crippen molar-refractivity contribution in [1.29, 1.82) is 0 Å². The molecule has 9 heteroatoms. The molecule has 1 aliphatic heterocycles. The topological polar surface area (TPSA) is 88.2 Å². The summed E-state index contributed by atoms with van der Waals surface area (Å²) in [5.74, 6) is 1.01. The van der Waals surface area contributed by atoms with Crippen LogP contribution in [0.3, 0.4) is 0 Å². The quantitative estimate of drug-likeness (QED) is 0.582. The van der Waals surface area contributed by atoms with Crippen molar-refractivity contribution in [2.24, 2.45) is 0 Å². The summed E-state index contributed by atoms with van der Waals surface area (Å²) in [6.07, 6.45) is 3.88. The van der Waals surface area contributed by atoms with Gasteiger partial charge in [0.1, 0.15) is 0 Å². The van der Waals surface area contributed by atoms with Crippen LogP contribution < -0.4 is 14.8 Å². The number of carbonyl (C=O) groups is 1. The Morgan fingerprint density at radius 3 is 2.15 bits per heavy atom. The zero-order valence-corrected chi connectivity index (χ0v) is 21.2. The lowest BCUT2D eigenvalue weighted by Gasteiger charge is -2.26. The number of benzene rings is 2. The van der Waals surface area contributed by atoms with Crippen molar-refractivity contribution in [2.75, 3.05) is 47.9 Å². The molecule has 2 aromatic carbocycles. The molecule has 0 aliphatic carbocycles. The Morgan fingerprint density at radius 2 is 1.59 bits per heavy atom. The van der Waals surface area contributed by atoms with E-state index in [1.54, 1.807) is 30.7 Å². The molecule has 1 heterocycles. The number of methoxy groups -OCH3 is 2. The van der Waals surface area contributed by atoms with Crippen molar-refractivity contribution in [1.82, 2.24) is 14.5 Å². The smallest absolute Gasteiger partial charge is 0.251 e. The van der Waals surface area contributed by atoms with Gasteiger partial charge in [-0.3, -0.25) is 4.79 Å². The van der Waals surface area contributed by atoms with E-state index in [0.29, 0.717) is 36.7 Å². The number of hydrogen-bond acceptors (Lipinski definition) is 6. The van der Waals surface area contributed by atoms with Crippen LogP contribution in [-0.2, 0) is 10.0 Å². The molecule has 0 saturated carbocycles.